The summed E-state index contributed by atoms with van der Waals surface area (Å²) in [6, 6.07) is 2.85. The van der Waals surface area contributed by atoms with Crippen LogP contribution in [0.4, 0.5) is 0 Å². The molecule has 0 radical (unpaired) electrons. The zero-order valence-electron chi connectivity index (χ0n) is 17.2. The Morgan fingerprint density at radius 2 is 1.24 bits per heavy atom. The summed E-state index contributed by atoms with van der Waals surface area (Å²) in [5.74, 6) is 2.60. The maximum Gasteiger partial charge on any atom is 0.0692 e. The molecule has 25 heavy (non-hydrogen) atoms. The summed E-state index contributed by atoms with van der Waals surface area (Å²) in [7, 11) is 0. The van der Waals surface area contributed by atoms with Crippen molar-refractivity contribution in [2.24, 2.45) is 23.2 Å². The van der Waals surface area contributed by atoms with Gasteiger partial charge in [-0.3, -0.25) is 0 Å². The number of hydrogen-bond acceptors (Lipinski definition) is 1. The number of unbranched alkanes of at least 4 members (excludes halogenated alkanes) is 5. The minimum absolute atomic E-state index is 0.0500. The molecule has 0 atom stereocenters. The van der Waals surface area contributed by atoms with E-state index < -0.39 is 0 Å². The third-order valence-corrected chi connectivity index (χ3v) is 7.53. The van der Waals surface area contributed by atoms with Crippen molar-refractivity contribution in [2.75, 3.05) is 0 Å². The third-order valence-electron chi connectivity index (χ3n) is 7.53. The van der Waals surface area contributed by atoms with Gasteiger partial charge in [0.15, 0.2) is 0 Å². The second-order valence-corrected chi connectivity index (χ2v) is 9.27. The molecule has 1 nitrogen and oxygen atoms in total. The molecule has 2 aliphatic carbocycles. The molecule has 2 aliphatic rings. The predicted octanol–water partition coefficient (Wildman–Crippen LogP) is 8.04. The fourth-order valence-corrected chi connectivity index (χ4v) is 5.64. The van der Waals surface area contributed by atoms with E-state index in [0.717, 1.165) is 11.8 Å². The van der Waals surface area contributed by atoms with Crippen LogP contribution in [0.3, 0.4) is 0 Å². The first kappa shape index (κ1) is 20.8. The standard InChI is InChI=1S/C24H43N/c1-3-5-7-9-11-21-12-14-23(15-13-21)24(20-25)18-16-22(17-19-24)10-8-6-4-2/h21-23H,3-19H2,1-2H3/t21?,22-,23?,24-. The first-order valence-electron chi connectivity index (χ1n) is 11.6. The van der Waals surface area contributed by atoms with Crippen LogP contribution in [0, 0.1) is 34.5 Å². The lowest BCUT2D eigenvalue weighted by Crippen LogP contribution is -2.36. The SMILES string of the molecule is CCCCCCC1CCC([C@]2(C#N)CC[C@@H](CCCCC)CC2)CC1. The molecule has 0 aromatic heterocycles. The summed E-state index contributed by atoms with van der Waals surface area (Å²) in [5.41, 5.74) is 0.0500. The normalized spacial score (nSPS) is 33.1. The summed E-state index contributed by atoms with van der Waals surface area (Å²) in [5, 5.41) is 10.0. The first-order chi connectivity index (χ1) is 12.2. The second-order valence-electron chi connectivity index (χ2n) is 9.27. The zero-order valence-corrected chi connectivity index (χ0v) is 17.2. The number of nitrogens with zero attached hydrogens (tertiary/aromatic N) is 1. The van der Waals surface area contributed by atoms with E-state index >= 15 is 0 Å². The molecule has 0 saturated heterocycles. The zero-order chi connectivity index (χ0) is 18.0. The molecule has 0 bridgehead atoms. The van der Waals surface area contributed by atoms with Crippen molar-refractivity contribution >= 4 is 0 Å². The van der Waals surface area contributed by atoms with Crippen LogP contribution in [0.2, 0.25) is 0 Å². The van der Waals surface area contributed by atoms with Gasteiger partial charge < -0.3 is 0 Å². The van der Waals surface area contributed by atoms with E-state index in [1.807, 2.05) is 0 Å². The van der Waals surface area contributed by atoms with Crippen LogP contribution in [0.5, 0.6) is 0 Å². The van der Waals surface area contributed by atoms with Gasteiger partial charge in [-0.1, -0.05) is 84.5 Å². The summed E-state index contributed by atoms with van der Waals surface area (Å²) in [6.07, 6.45) is 23.2. The van der Waals surface area contributed by atoms with E-state index in [9.17, 15) is 5.26 Å². The molecular formula is C24H43N. The molecule has 2 fully saturated rings. The van der Waals surface area contributed by atoms with E-state index in [1.54, 1.807) is 0 Å². The van der Waals surface area contributed by atoms with Crippen LogP contribution in [0.1, 0.15) is 123 Å². The molecular weight excluding hydrogens is 302 g/mol. The molecule has 2 rings (SSSR count). The highest BCUT2D eigenvalue weighted by molar-refractivity contribution is 5.06. The number of hydrogen-bond donors (Lipinski definition) is 0. The molecule has 0 spiro atoms. The summed E-state index contributed by atoms with van der Waals surface area (Å²) in [6.45, 7) is 4.59. The molecule has 0 heterocycles. The van der Waals surface area contributed by atoms with Gasteiger partial charge >= 0.3 is 0 Å². The van der Waals surface area contributed by atoms with E-state index in [4.69, 9.17) is 0 Å². The average Bonchev–Trinajstić information content (AvgIpc) is 2.67. The van der Waals surface area contributed by atoms with Gasteiger partial charge in [0.2, 0.25) is 0 Å². The maximum absolute atomic E-state index is 10.0. The quantitative estimate of drug-likeness (QED) is 0.367. The van der Waals surface area contributed by atoms with Crippen LogP contribution in [0.15, 0.2) is 0 Å². The van der Waals surface area contributed by atoms with Crippen LogP contribution in [-0.2, 0) is 0 Å². The molecule has 144 valence electrons. The fraction of sp³-hybridized carbons (Fsp3) is 0.958. The molecule has 1 heteroatoms. The van der Waals surface area contributed by atoms with Gasteiger partial charge in [0, 0.05) is 0 Å². The van der Waals surface area contributed by atoms with Gasteiger partial charge in [0.05, 0.1) is 11.5 Å². The Kier molecular flexibility index (Phi) is 9.36. The van der Waals surface area contributed by atoms with Crippen molar-refractivity contribution in [1.82, 2.24) is 0 Å². The van der Waals surface area contributed by atoms with Crippen molar-refractivity contribution < 1.29 is 0 Å². The highest BCUT2D eigenvalue weighted by atomic mass is 14.5. The first-order valence-corrected chi connectivity index (χ1v) is 11.6. The molecule has 0 aromatic carbocycles. The van der Waals surface area contributed by atoms with Gasteiger partial charge in [0.1, 0.15) is 0 Å². The monoisotopic (exact) mass is 345 g/mol. The topological polar surface area (TPSA) is 23.8 Å². The van der Waals surface area contributed by atoms with E-state index in [1.165, 1.54) is 109 Å². The Hall–Kier alpha value is -0.510. The van der Waals surface area contributed by atoms with Crippen molar-refractivity contribution in [2.45, 2.75) is 123 Å². The van der Waals surface area contributed by atoms with Crippen LogP contribution in [0.25, 0.3) is 0 Å². The second kappa shape index (κ2) is 11.3. The van der Waals surface area contributed by atoms with Crippen molar-refractivity contribution in [1.29, 1.82) is 5.26 Å². The molecule has 0 amide bonds. The van der Waals surface area contributed by atoms with Crippen LogP contribution < -0.4 is 0 Å². The maximum atomic E-state index is 10.0. The van der Waals surface area contributed by atoms with Gasteiger partial charge in [-0.05, 0) is 56.3 Å². The number of nitriles is 1. The minimum Gasteiger partial charge on any atom is -0.198 e. The lowest BCUT2D eigenvalue weighted by Gasteiger charge is -2.43. The number of rotatable bonds is 10. The Balaban J connectivity index is 1.72. The van der Waals surface area contributed by atoms with Crippen LogP contribution in [-0.4, -0.2) is 0 Å². The molecule has 0 N–H and O–H groups in total. The molecule has 0 unspecified atom stereocenters. The Morgan fingerprint density at radius 3 is 1.80 bits per heavy atom. The lowest BCUT2D eigenvalue weighted by atomic mass is 9.59. The highest BCUT2D eigenvalue weighted by Gasteiger charge is 2.43. The molecule has 0 aliphatic heterocycles. The summed E-state index contributed by atoms with van der Waals surface area (Å²) >= 11 is 0. The lowest BCUT2D eigenvalue weighted by molar-refractivity contribution is 0.0842. The Morgan fingerprint density at radius 1 is 0.720 bits per heavy atom. The Labute approximate surface area is 158 Å². The Bertz CT molecular complexity index is 377. The van der Waals surface area contributed by atoms with E-state index in [-0.39, 0.29) is 5.41 Å². The fourth-order valence-electron chi connectivity index (χ4n) is 5.64. The van der Waals surface area contributed by atoms with Crippen molar-refractivity contribution in [3.63, 3.8) is 0 Å². The molecule has 2 saturated carbocycles. The third kappa shape index (κ3) is 6.30. The largest absolute Gasteiger partial charge is 0.198 e. The summed E-state index contributed by atoms with van der Waals surface area (Å²) < 4.78 is 0. The molecule has 0 aromatic rings. The van der Waals surface area contributed by atoms with Crippen molar-refractivity contribution in [3.8, 4) is 6.07 Å². The predicted molar refractivity (Wildman–Crippen MR) is 108 cm³/mol. The summed E-state index contributed by atoms with van der Waals surface area (Å²) in [4.78, 5) is 0. The van der Waals surface area contributed by atoms with Gasteiger partial charge in [-0.25, -0.2) is 0 Å². The van der Waals surface area contributed by atoms with Gasteiger partial charge in [-0.2, -0.15) is 5.26 Å². The van der Waals surface area contributed by atoms with E-state index in [0.29, 0.717) is 5.92 Å². The van der Waals surface area contributed by atoms with Gasteiger partial charge in [0.25, 0.3) is 0 Å². The van der Waals surface area contributed by atoms with Crippen molar-refractivity contribution in [3.05, 3.63) is 0 Å². The van der Waals surface area contributed by atoms with E-state index in [2.05, 4.69) is 19.9 Å². The van der Waals surface area contributed by atoms with Gasteiger partial charge in [-0.15, -0.1) is 0 Å². The van der Waals surface area contributed by atoms with Crippen LogP contribution >= 0.6 is 0 Å². The highest BCUT2D eigenvalue weighted by Crippen LogP contribution is 2.51. The minimum atomic E-state index is 0.0500. The smallest absolute Gasteiger partial charge is 0.0692 e. The average molecular weight is 346 g/mol.